The lowest BCUT2D eigenvalue weighted by atomic mass is 9.85. The maximum Gasteiger partial charge on any atom is 0.472 e. The molecule has 0 bridgehead atoms. The van der Waals surface area contributed by atoms with Crippen LogP contribution in [0.2, 0.25) is 0 Å². The van der Waals surface area contributed by atoms with Gasteiger partial charge in [-0.15, -0.1) is 0 Å². The van der Waals surface area contributed by atoms with E-state index in [2.05, 4.69) is 50.3 Å². The van der Waals surface area contributed by atoms with E-state index >= 15 is 0 Å². The van der Waals surface area contributed by atoms with E-state index in [1.807, 2.05) is 12.2 Å². The number of hydrogen-bond donors (Lipinski definition) is 6. The highest BCUT2D eigenvalue weighted by molar-refractivity contribution is 7.47. The summed E-state index contributed by atoms with van der Waals surface area (Å²) >= 11 is 0. The number of carbonyl (C=O) groups excluding carboxylic acids is 2. The van der Waals surface area contributed by atoms with Gasteiger partial charge in [-0.05, 0) is 44.9 Å². The topological polar surface area (TPSA) is 210 Å². The van der Waals surface area contributed by atoms with Gasteiger partial charge in [0.1, 0.15) is 43.2 Å². The molecule has 0 saturated heterocycles. The van der Waals surface area contributed by atoms with Crippen LogP contribution < -0.4 is 0 Å². The Morgan fingerprint density at radius 2 is 0.982 bits per heavy atom. The summed E-state index contributed by atoms with van der Waals surface area (Å²) in [6.45, 7) is 3.16. The zero-order valence-electron chi connectivity index (χ0n) is 34.6. The van der Waals surface area contributed by atoms with E-state index in [1.165, 1.54) is 57.8 Å². The lowest BCUT2D eigenvalue weighted by molar-refractivity contribution is -0.220. The minimum atomic E-state index is -5.13. The van der Waals surface area contributed by atoms with Crippen molar-refractivity contribution < 1.29 is 63.1 Å². The number of aliphatic hydroxyl groups excluding tert-OH is 5. The van der Waals surface area contributed by atoms with E-state index in [-0.39, 0.29) is 12.8 Å². The van der Waals surface area contributed by atoms with Crippen LogP contribution in [-0.2, 0) is 32.7 Å². The molecule has 1 aliphatic rings. The van der Waals surface area contributed by atoms with Crippen LogP contribution in [0, 0.1) is 0 Å². The van der Waals surface area contributed by atoms with Gasteiger partial charge in [-0.1, -0.05) is 146 Å². The van der Waals surface area contributed by atoms with Crippen molar-refractivity contribution in [3.8, 4) is 0 Å². The summed E-state index contributed by atoms with van der Waals surface area (Å²) in [5.41, 5.74) is 0. The predicted octanol–water partition coefficient (Wildman–Crippen LogP) is 7.61. The van der Waals surface area contributed by atoms with E-state index in [9.17, 15) is 44.6 Å². The minimum Gasteiger partial charge on any atom is -0.462 e. The highest BCUT2D eigenvalue weighted by atomic mass is 31.2. The highest BCUT2D eigenvalue weighted by Gasteiger charge is 2.51. The van der Waals surface area contributed by atoms with E-state index in [0.29, 0.717) is 19.3 Å². The third kappa shape index (κ3) is 26.5. The summed E-state index contributed by atoms with van der Waals surface area (Å²) in [4.78, 5) is 35.5. The maximum atomic E-state index is 12.8. The highest BCUT2D eigenvalue weighted by Crippen LogP contribution is 2.47. The van der Waals surface area contributed by atoms with Crippen LogP contribution in [0.4, 0.5) is 0 Å². The van der Waals surface area contributed by atoms with Gasteiger partial charge in [0.25, 0.3) is 0 Å². The van der Waals surface area contributed by atoms with Crippen LogP contribution >= 0.6 is 7.82 Å². The van der Waals surface area contributed by atoms with Crippen LogP contribution in [0.5, 0.6) is 0 Å². The average Bonchev–Trinajstić information content (AvgIpc) is 3.19. The number of rotatable bonds is 34. The van der Waals surface area contributed by atoms with Crippen molar-refractivity contribution in [3.63, 3.8) is 0 Å². The second-order valence-electron chi connectivity index (χ2n) is 14.8. The number of carbonyl (C=O) groups is 2. The molecule has 1 rings (SSSR count). The summed E-state index contributed by atoms with van der Waals surface area (Å²) < 4.78 is 33.4. The fourth-order valence-corrected chi connectivity index (χ4v) is 7.14. The standard InChI is InChI=1S/C43H75O13P/c1-3-5-7-9-11-13-15-17-18-20-22-24-26-28-30-32-37(45)55-35(34-54-57(51,52)56-43-41(49)39(47)38(46)40(48)42(43)50)33-53-36(44)31-29-27-25-23-21-19-16-14-12-10-8-6-4-2/h7,9,13,15,18,20,24,26,35,38-43,46-50H,3-6,8,10-12,14,16-17,19,21-23,25,27-34H2,1-2H3,(H,51,52). The smallest absolute Gasteiger partial charge is 0.462 e. The summed E-state index contributed by atoms with van der Waals surface area (Å²) in [6.07, 6.45) is 24.7. The Kier molecular flexibility index (Phi) is 31.2. The summed E-state index contributed by atoms with van der Waals surface area (Å²) in [7, 11) is -5.13. The Morgan fingerprint density at radius 3 is 1.49 bits per heavy atom. The molecule has 330 valence electrons. The molecule has 1 aliphatic carbocycles. The Balaban J connectivity index is 2.55. The molecule has 0 amide bonds. The third-order valence-corrected chi connectivity index (χ3v) is 10.6. The quantitative estimate of drug-likeness (QED) is 0.0160. The van der Waals surface area contributed by atoms with Crippen LogP contribution in [0.25, 0.3) is 0 Å². The first-order valence-corrected chi connectivity index (χ1v) is 22.9. The fourth-order valence-electron chi connectivity index (χ4n) is 6.17. The molecule has 6 unspecified atom stereocenters. The van der Waals surface area contributed by atoms with Crippen LogP contribution in [0.1, 0.15) is 155 Å². The molecule has 0 heterocycles. The van der Waals surface area contributed by atoms with Gasteiger partial charge >= 0.3 is 19.8 Å². The molecule has 13 nitrogen and oxygen atoms in total. The molecule has 0 aliphatic heterocycles. The Bertz CT molecular complexity index is 1190. The fraction of sp³-hybridized carbons (Fsp3) is 0.767. The van der Waals surface area contributed by atoms with Crippen molar-refractivity contribution >= 4 is 19.8 Å². The number of unbranched alkanes of at least 4 members (excludes halogenated alkanes) is 14. The molecule has 6 N–H and O–H groups in total. The monoisotopic (exact) mass is 830 g/mol. The Labute approximate surface area is 341 Å². The number of aliphatic hydroxyl groups is 5. The van der Waals surface area contributed by atoms with Crippen molar-refractivity contribution in [3.05, 3.63) is 48.6 Å². The zero-order valence-corrected chi connectivity index (χ0v) is 35.5. The predicted molar refractivity (Wildman–Crippen MR) is 221 cm³/mol. The van der Waals surface area contributed by atoms with Crippen molar-refractivity contribution in [1.29, 1.82) is 0 Å². The van der Waals surface area contributed by atoms with E-state index < -0.39 is 75.7 Å². The van der Waals surface area contributed by atoms with Crippen molar-refractivity contribution in [2.75, 3.05) is 13.2 Å². The zero-order chi connectivity index (χ0) is 42.2. The van der Waals surface area contributed by atoms with Gasteiger partial charge in [-0.25, -0.2) is 4.57 Å². The van der Waals surface area contributed by atoms with Crippen LogP contribution in [0.3, 0.4) is 0 Å². The molecular weight excluding hydrogens is 755 g/mol. The van der Waals surface area contributed by atoms with Gasteiger partial charge in [0.15, 0.2) is 6.10 Å². The lowest BCUT2D eigenvalue weighted by Gasteiger charge is -2.41. The Morgan fingerprint density at radius 1 is 0.544 bits per heavy atom. The number of esters is 2. The average molecular weight is 831 g/mol. The maximum absolute atomic E-state index is 12.8. The molecule has 6 atom stereocenters. The normalized spacial score (nSPS) is 23.2. The number of ether oxygens (including phenoxy) is 2. The third-order valence-electron chi connectivity index (χ3n) is 9.65. The summed E-state index contributed by atoms with van der Waals surface area (Å²) in [6, 6.07) is 0. The number of allylic oxidation sites excluding steroid dienone is 8. The van der Waals surface area contributed by atoms with E-state index in [1.54, 1.807) is 0 Å². The lowest BCUT2D eigenvalue weighted by Crippen LogP contribution is -2.64. The molecule has 0 aromatic carbocycles. The second kappa shape index (κ2) is 33.6. The number of phosphoric acid groups is 1. The molecular formula is C43H75O13P. The van der Waals surface area contributed by atoms with Crippen molar-refractivity contribution in [2.24, 2.45) is 0 Å². The molecule has 0 radical (unpaired) electrons. The molecule has 57 heavy (non-hydrogen) atoms. The minimum absolute atomic E-state index is 0.0208. The first-order chi connectivity index (χ1) is 27.4. The Hall–Kier alpha value is -2.19. The summed E-state index contributed by atoms with van der Waals surface area (Å²) in [5, 5.41) is 50.0. The van der Waals surface area contributed by atoms with Crippen LogP contribution in [0.15, 0.2) is 48.6 Å². The summed E-state index contributed by atoms with van der Waals surface area (Å²) in [5.74, 6) is -1.17. The van der Waals surface area contributed by atoms with Crippen LogP contribution in [-0.4, -0.2) is 98.3 Å². The first-order valence-electron chi connectivity index (χ1n) is 21.4. The van der Waals surface area contributed by atoms with Gasteiger partial charge in [-0.3, -0.25) is 18.6 Å². The number of hydrogen-bond acceptors (Lipinski definition) is 12. The van der Waals surface area contributed by atoms with Crippen molar-refractivity contribution in [2.45, 2.75) is 198 Å². The van der Waals surface area contributed by atoms with E-state index in [4.69, 9.17) is 18.5 Å². The molecule has 14 heteroatoms. The van der Waals surface area contributed by atoms with E-state index in [0.717, 1.165) is 51.4 Å². The van der Waals surface area contributed by atoms with Gasteiger partial charge in [-0.2, -0.15) is 0 Å². The first kappa shape index (κ1) is 52.8. The number of phosphoric ester groups is 1. The van der Waals surface area contributed by atoms with Gasteiger partial charge in [0.2, 0.25) is 0 Å². The molecule has 0 spiro atoms. The van der Waals surface area contributed by atoms with Gasteiger partial charge < -0.3 is 39.9 Å². The molecule has 0 aromatic heterocycles. The molecule has 1 saturated carbocycles. The molecule has 0 aromatic rings. The SMILES string of the molecule is CCCC=CCC=CCC=CCC=CCCCC(=O)OC(COC(=O)CCCCCCCCCCCCCCC)COP(=O)(O)OC1C(O)C(O)C(O)C(O)C1O. The molecule has 1 fully saturated rings. The van der Waals surface area contributed by atoms with Gasteiger partial charge in [0.05, 0.1) is 6.61 Å². The largest absolute Gasteiger partial charge is 0.472 e. The second-order valence-corrected chi connectivity index (χ2v) is 16.3. The van der Waals surface area contributed by atoms with Gasteiger partial charge in [0, 0.05) is 12.8 Å². The van der Waals surface area contributed by atoms with Crippen molar-refractivity contribution in [1.82, 2.24) is 0 Å².